The number of carbonyl (C=O) groups excluding carboxylic acids is 1. The van der Waals surface area contributed by atoms with E-state index in [9.17, 15) is 9.90 Å². The molecular formula is C14H20O4. The molecule has 0 fully saturated rings. The van der Waals surface area contributed by atoms with Gasteiger partial charge in [0.1, 0.15) is 5.75 Å². The highest BCUT2D eigenvalue weighted by atomic mass is 16.6. The van der Waals surface area contributed by atoms with Gasteiger partial charge in [0, 0.05) is 5.56 Å². The molecule has 1 atom stereocenters. The number of esters is 1. The third-order valence-electron chi connectivity index (χ3n) is 2.48. The average molecular weight is 252 g/mol. The zero-order valence-corrected chi connectivity index (χ0v) is 10.9. The van der Waals surface area contributed by atoms with Crippen LogP contribution in [0.5, 0.6) is 5.75 Å². The first-order valence-electron chi connectivity index (χ1n) is 6.20. The van der Waals surface area contributed by atoms with Gasteiger partial charge in [0.25, 0.3) is 0 Å². The molecule has 0 amide bonds. The van der Waals surface area contributed by atoms with Crippen LogP contribution in [0, 0.1) is 0 Å². The molecule has 0 unspecified atom stereocenters. The molecule has 1 N–H and O–H groups in total. The second-order valence-corrected chi connectivity index (χ2v) is 4.08. The number of aliphatic hydroxyl groups excluding tert-OH is 1. The summed E-state index contributed by atoms with van der Waals surface area (Å²) in [6.45, 7) is 3.98. The quantitative estimate of drug-likeness (QED) is 0.598. The molecule has 1 aromatic carbocycles. The molecule has 0 aliphatic rings. The lowest BCUT2D eigenvalue weighted by Crippen LogP contribution is -2.16. The Morgan fingerprint density at radius 1 is 1.39 bits per heavy atom. The van der Waals surface area contributed by atoms with Crippen molar-refractivity contribution in [2.24, 2.45) is 0 Å². The Hall–Kier alpha value is -1.55. The third-order valence-corrected chi connectivity index (χ3v) is 2.48. The number of hydrogen-bond donors (Lipinski definition) is 1. The zero-order chi connectivity index (χ0) is 13.4. The molecule has 0 radical (unpaired) electrons. The fourth-order valence-electron chi connectivity index (χ4n) is 1.47. The Kier molecular flexibility index (Phi) is 6.22. The summed E-state index contributed by atoms with van der Waals surface area (Å²) in [5.74, 6) is 0.129. The Morgan fingerprint density at radius 2 is 2.11 bits per heavy atom. The van der Waals surface area contributed by atoms with Crippen LogP contribution in [0.1, 0.15) is 38.4 Å². The van der Waals surface area contributed by atoms with E-state index >= 15 is 0 Å². The summed E-state index contributed by atoms with van der Waals surface area (Å²) in [5, 5.41) is 9.55. The highest BCUT2D eigenvalue weighted by molar-refractivity contribution is 5.71. The van der Waals surface area contributed by atoms with E-state index in [4.69, 9.17) is 9.47 Å². The number of carbonyl (C=O) groups is 1. The fraction of sp³-hybridized carbons (Fsp3) is 0.500. The van der Waals surface area contributed by atoms with Crippen LogP contribution < -0.4 is 4.74 Å². The lowest BCUT2D eigenvalue weighted by Gasteiger charge is -2.12. The lowest BCUT2D eigenvalue weighted by atomic mass is 10.1. The smallest absolute Gasteiger partial charge is 0.344 e. The van der Waals surface area contributed by atoms with Crippen LogP contribution in [0.15, 0.2) is 24.3 Å². The van der Waals surface area contributed by atoms with Gasteiger partial charge in [0.05, 0.1) is 12.7 Å². The van der Waals surface area contributed by atoms with E-state index < -0.39 is 6.10 Å². The van der Waals surface area contributed by atoms with Gasteiger partial charge in [-0.05, 0) is 19.4 Å². The molecule has 18 heavy (non-hydrogen) atoms. The summed E-state index contributed by atoms with van der Waals surface area (Å²) in [7, 11) is 0. The Balaban J connectivity index is 2.45. The number of unbranched alkanes of at least 4 members (excludes halogenated alkanes) is 1. The normalized spacial score (nSPS) is 11.9. The van der Waals surface area contributed by atoms with Crippen LogP contribution in [-0.2, 0) is 9.53 Å². The molecule has 1 aromatic rings. The summed E-state index contributed by atoms with van der Waals surface area (Å²) in [5.41, 5.74) is 0.666. The number of para-hydroxylation sites is 1. The van der Waals surface area contributed by atoms with Crippen LogP contribution in [0.3, 0.4) is 0 Å². The van der Waals surface area contributed by atoms with Gasteiger partial charge in [-0.25, -0.2) is 4.79 Å². The third kappa shape index (κ3) is 4.75. The second-order valence-electron chi connectivity index (χ2n) is 4.08. The Morgan fingerprint density at radius 3 is 2.78 bits per heavy atom. The highest BCUT2D eigenvalue weighted by Gasteiger charge is 2.10. The molecule has 1 rings (SSSR count). The van der Waals surface area contributed by atoms with Crippen LogP contribution >= 0.6 is 0 Å². The van der Waals surface area contributed by atoms with Crippen molar-refractivity contribution < 1.29 is 19.4 Å². The minimum absolute atomic E-state index is 0.132. The van der Waals surface area contributed by atoms with E-state index in [1.165, 1.54) is 0 Å². The van der Waals surface area contributed by atoms with Crippen molar-refractivity contribution in [3.63, 3.8) is 0 Å². The van der Waals surface area contributed by atoms with E-state index in [1.54, 1.807) is 25.1 Å². The molecule has 0 saturated heterocycles. The summed E-state index contributed by atoms with van der Waals surface area (Å²) < 4.78 is 10.3. The van der Waals surface area contributed by atoms with Gasteiger partial charge >= 0.3 is 5.97 Å². The van der Waals surface area contributed by atoms with Gasteiger partial charge in [-0.15, -0.1) is 0 Å². The van der Waals surface area contributed by atoms with Gasteiger partial charge in [0.2, 0.25) is 0 Å². The summed E-state index contributed by atoms with van der Waals surface area (Å²) in [6.07, 6.45) is 1.21. The van der Waals surface area contributed by atoms with Crippen molar-refractivity contribution in [2.75, 3.05) is 13.2 Å². The van der Waals surface area contributed by atoms with Crippen molar-refractivity contribution in [3.8, 4) is 5.75 Å². The molecule has 0 aromatic heterocycles. The van der Waals surface area contributed by atoms with Crippen LogP contribution in [-0.4, -0.2) is 24.3 Å². The molecule has 0 bridgehead atoms. The minimum Gasteiger partial charge on any atom is -0.482 e. The molecule has 4 nitrogen and oxygen atoms in total. The SMILES string of the molecule is CCCCOC(=O)COc1ccccc1[C@H](C)O. The van der Waals surface area contributed by atoms with Crippen molar-refractivity contribution in [1.29, 1.82) is 0 Å². The first-order valence-corrected chi connectivity index (χ1v) is 6.20. The molecule has 100 valence electrons. The number of rotatable bonds is 7. The van der Waals surface area contributed by atoms with Crippen LogP contribution in [0.2, 0.25) is 0 Å². The van der Waals surface area contributed by atoms with E-state index in [0.29, 0.717) is 17.9 Å². The molecule has 0 heterocycles. The molecule has 4 heteroatoms. The van der Waals surface area contributed by atoms with E-state index in [2.05, 4.69) is 0 Å². The van der Waals surface area contributed by atoms with Gasteiger partial charge in [-0.3, -0.25) is 0 Å². The fourth-order valence-corrected chi connectivity index (χ4v) is 1.47. The van der Waals surface area contributed by atoms with Crippen molar-refractivity contribution in [3.05, 3.63) is 29.8 Å². The molecular weight excluding hydrogens is 232 g/mol. The summed E-state index contributed by atoms with van der Waals surface area (Å²) >= 11 is 0. The van der Waals surface area contributed by atoms with Gasteiger partial charge < -0.3 is 14.6 Å². The van der Waals surface area contributed by atoms with Gasteiger partial charge in [-0.2, -0.15) is 0 Å². The van der Waals surface area contributed by atoms with Crippen LogP contribution in [0.25, 0.3) is 0 Å². The van der Waals surface area contributed by atoms with E-state index in [1.807, 2.05) is 13.0 Å². The van der Waals surface area contributed by atoms with Gasteiger partial charge in [-0.1, -0.05) is 31.5 Å². The molecule has 0 spiro atoms. The maximum Gasteiger partial charge on any atom is 0.344 e. The maximum absolute atomic E-state index is 11.4. The standard InChI is InChI=1S/C14H20O4/c1-3-4-9-17-14(16)10-18-13-8-6-5-7-12(13)11(2)15/h5-8,11,15H,3-4,9-10H2,1-2H3/t11-/m0/s1. The number of hydrogen-bond acceptors (Lipinski definition) is 4. The Bertz CT molecular complexity index is 374. The number of ether oxygens (including phenoxy) is 2. The van der Waals surface area contributed by atoms with E-state index in [-0.39, 0.29) is 12.6 Å². The zero-order valence-electron chi connectivity index (χ0n) is 10.9. The molecule has 0 saturated carbocycles. The monoisotopic (exact) mass is 252 g/mol. The molecule has 0 aliphatic carbocycles. The van der Waals surface area contributed by atoms with Crippen molar-refractivity contribution >= 4 is 5.97 Å². The predicted molar refractivity (Wildman–Crippen MR) is 68.4 cm³/mol. The van der Waals surface area contributed by atoms with Crippen molar-refractivity contribution in [1.82, 2.24) is 0 Å². The topological polar surface area (TPSA) is 55.8 Å². The highest BCUT2D eigenvalue weighted by Crippen LogP contribution is 2.24. The lowest BCUT2D eigenvalue weighted by molar-refractivity contribution is -0.146. The van der Waals surface area contributed by atoms with Crippen molar-refractivity contribution in [2.45, 2.75) is 32.8 Å². The molecule has 0 aliphatic heterocycles. The maximum atomic E-state index is 11.4. The second kappa shape index (κ2) is 7.71. The van der Waals surface area contributed by atoms with Gasteiger partial charge in [0.15, 0.2) is 6.61 Å². The average Bonchev–Trinajstić information content (AvgIpc) is 2.37. The van der Waals surface area contributed by atoms with Crippen LogP contribution in [0.4, 0.5) is 0 Å². The number of benzene rings is 1. The summed E-state index contributed by atoms with van der Waals surface area (Å²) in [6, 6.07) is 7.10. The predicted octanol–water partition coefficient (Wildman–Crippen LogP) is 2.46. The first-order chi connectivity index (χ1) is 8.65. The summed E-state index contributed by atoms with van der Waals surface area (Å²) in [4.78, 5) is 11.4. The van der Waals surface area contributed by atoms with E-state index in [0.717, 1.165) is 12.8 Å². The minimum atomic E-state index is -0.627. The Labute approximate surface area is 108 Å². The largest absolute Gasteiger partial charge is 0.482 e. The number of aliphatic hydroxyl groups is 1. The first kappa shape index (κ1) is 14.5.